The summed E-state index contributed by atoms with van der Waals surface area (Å²) < 4.78 is 10.7. The van der Waals surface area contributed by atoms with Gasteiger partial charge < -0.3 is 14.8 Å². The Balaban J connectivity index is 1.63. The highest BCUT2D eigenvalue weighted by Gasteiger charge is 2.06. The molecular formula is C20H26N2O3. The number of hydrogen-bond donors (Lipinski definition) is 1. The lowest BCUT2D eigenvalue weighted by Crippen LogP contribution is -2.36. The molecule has 0 atom stereocenters. The van der Waals surface area contributed by atoms with Gasteiger partial charge in [0.1, 0.15) is 12.4 Å². The summed E-state index contributed by atoms with van der Waals surface area (Å²) in [5.74, 6) is 0.848. The van der Waals surface area contributed by atoms with Crippen LogP contribution < -0.4 is 10.1 Å². The standard InChI is InChI=1S/C20H26N2O3/c1-22(12-13-25-19-6-4-3-5-7-19)15-20(23)21-14-17-8-10-18(11-9-17)16-24-2/h3-11H,12-16H2,1-2H3,(H,21,23). The average Bonchev–Trinajstić information content (AvgIpc) is 2.62. The van der Waals surface area contributed by atoms with Crippen molar-refractivity contribution in [2.45, 2.75) is 13.2 Å². The second-order valence-electron chi connectivity index (χ2n) is 5.93. The molecule has 5 nitrogen and oxygen atoms in total. The van der Waals surface area contributed by atoms with Crippen LogP contribution in [-0.4, -0.2) is 44.7 Å². The number of nitrogens with zero attached hydrogens (tertiary/aromatic N) is 1. The Morgan fingerprint density at radius 2 is 1.72 bits per heavy atom. The van der Waals surface area contributed by atoms with E-state index < -0.39 is 0 Å². The van der Waals surface area contributed by atoms with E-state index in [1.54, 1.807) is 7.11 Å². The number of para-hydroxylation sites is 1. The van der Waals surface area contributed by atoms with Crippen LogP contribution in [0.15, 0.2) is 54.6 Å². The van der Waals surface area contributed by atoms with E-state index in [1.165, 1.54) is 0 Å². The number of benzene rings is 2. The maximum Gasteiger partial charge on any atom is 0.234 e. The molecule has 0 saturated heterocycles. The number of likely N-dealkylation sites (N-methyl/N-ethyl adjacent to an activating group) is 1. The lowest BCUT2D eigenvalue weighted by atomic mass is 10.1. The summed E-state index contributed by atoms with van der Waals surface area (Å²) in [4.78, 5) is 14.0. The van der Waals surface area contributed by atoms with E-state index >= 15 is 0 Å². The van der Waals surface area contributed by atoms with E-state index in [0.717, 1.165) is 16.9 Å². The minimum atomic E-state index is 0.00294. The van der Waals surface area contributed by atoms with Gasteiger partial charge in [0.2, 0.25) is 5.91 Å². The normalized spacial score (nSPS) is 10.7. The molecular weight excluding hydrogens is 316 g/mol. The van der Waals surface area contributed by atoms with Crippen molar-refractivity contribution < 1.29 is 14.3 Å². The first-order chi connectivity index (χ1) is 12.2. The van der Waals surface area contributed by atoms with E-state index in [9.17, 15) is 4.79 Å². The van der Waals surface area contributed by atoms with Gasteiger partial charge in [-0.05, 0) is 30.3 Å². The van der Waals surface area contributed by atoms with Crippen molar-refractivity contribution >= 4 is 5.91 Å². The molecule has 1 N–H and O–H groups in total. The van der Waals surface area contributed by atoms with E-state index in [1.807, 2.05) is 66.5 Å². The van der Waals surface area contributed by atoms with Crippen LogP contribution in [0.1, 0.15) is 11.1 Å². The molecule has 0 aromatic heterocycles. The number of methoxy groups -OCH3 is 1. The van der Waals surface area contributed by atoms with Gasteiger partial charge in [0.15, 0.2) is 0 Å². The summed E-state index contributed by atoms with van der Waals surface area (Å²) in [5, 5.41) is 2.94. The van der Waals surface area contributed by atoms with Crippen molar-refractivity contribution in [3.8, 4) is 5.75 Å². The Labute approximate surface area is 149 Å². The number of rotatable bonds is 10. The first-order valence-electron chi connectivity index (χ1n) is 8.37. The predicted octanol–water partition coefficient (Wildman–Crippen LogP) is 2.46. The quantitative estimate of drug-likeness (QED) is 0.721. The first-order valence-corrected chi connectivity index (χ1v) is 8.37. The molecule has 2 aromatic rings. The Kier molecular flexibility index (Phi) is 7.95. The monoisotopic (exact) mass is 342 g/mol. The fourth-order valence-electron chi connectivity index (χ4n) is 2.34. The summed E-state index contributed by atoms with van der Waals surface area (Å²) >= 11 is 0. The molecule has 25 heavy (non-hydrogen) atoms. The lowest BCUT2D eigenvalue weighted by molar-refractivity contribution is -0.122. The third-order valence-corrected chi connectivity index (χ3v) is 3.72. The Morgan fingerprint density at radius 1 is 1.04 bits per heavy atom. The van der Waals surface area contributed by atoms with Crippen molar-refractivity contribution in [2.75, 3.05) is 33.9 Å². The molecule has 0 bridgehead atoms. The highest BCUT2D eigenvalue weighted by molar-refractivity contribution is 5.77. The number of amides is 1. The molecule has 5 heteroatoms. The Morgan fingerprint density at radius 3 is 2.40 bits per heavy atom. The van der Waals surface area contributed by atoms with Gasteiger partial charge >= 0.3 is 0 Å². The summed E-state index contributed by atoms with van der Waals surface area (Å²) in [6, 6.07) is 17.7. The number of carbonyl (C=O) groups is 1. The van der Waals surface area contributed by atoms with E-state index in [2.05, 4.69) is 5.32 Å². The summed E-state index contributed by atoms with van der Waals surface area (Å²) in [6.45, 7) is 2.71. The zero-order chi connectivity index (χ0) is 17.9. The molecule has 0 radical (unpaired) electrons. The van der Waals surface area contributed by atoms with Crippen molar-refractivity contribution in [1.82, 2.24) is 10.2 Å². The summed E-state index contributed by atoms with van der Waals surface area (Å²) in [5.41, 5.74) is 2.19. The third kappa shape index (κ3) is 7.37. The number of carbonyl (C=O) groups excluding carboxylic acids is 1. The van der Waals surface area contributed by atoms with Crippen molar-refractivity contribution in [2.24, 2.45) is 0 Å². The molecule has 134 valence electrons. The Hall–Kier alpha value is -2.37. The van der Waals surface area contributed by atoms with Gasteiger partial charge in [-0.2, -0.15) is 0 Å². The SMILES string of the molecule is COCc1ccc(CNC(=O)CN(C)CCOc2ccccc2)cc1. The van der Waals surface area contributed by atoms with Gasteiger partial charge in [-0.25, -0.2) is 0 Å². The third-order valence-electron chi connectivity index (χ3n) is 3.72. The van der Waals surface area contributed by atoms with Crippen molar-refractivity contribution in [3.05, 3.63) is 65.7 Å². The minimum Gasteiger partial charge on any atom is -0.492 e. The highest BCUT2D eigenvalue weighted by atomic mass is 16.5. The number of nitrogens with one attached hydrogen (secondary N) is 1. The van der Waals surface area contributed by atoms with Gasteiger partial charge in [-0.3, -0.25) is 9.69 Å². The first kappa shape index (κ1) is 19.0. The predicted molar refractivity (Wildman–Crippen MR) is 98.4 cm³/mol. The largest absolute Gasteiger partial charge is 0.492 e. The van der Waals surface area contributed by atoms with Gasteiger partial charge in [-0.15, -0.1) is 0 Å². The second-order valence-corrected chi connectivity index (χ2v) is 5.93. The average molecular weight is 342 g/mol. The van der Waals surface area contributed by atoms with Crippen LogP contribution in [0, 0.1) is 0 Å². The number of hydrogen-bond acceptors (Lipinski definition) is 4. The molecule has 0 spiro atoms. The smallest absolute Gasteiger partial charge is 0.234 e. The molecule has 0 aliphatic rings. The maximum absolute atomic E-state index is 12.0. The molecule has 0 saturated carbocycles. The maximum atomic E-state index is 12.0. The zero-order valence-corrected chi connectivity index (χ0v) is 14.9. The summed E-state index contributed by atoms with van der Waals surface area (Å²) in [6.07, 6.45) is 0. The molecule has 2 rings (SSSR count). The molecule has 2 aromatic carbocycles. The molecule has 0 aliphatic carbocycles. The highest BCUT2D eigenvalue weighted by Crippen LogP contribution is 2.08. The van der Waals surface area contributed by atoms with Crippen LogP contribution in [0.4, 0.5) is 0 Å². The van der Waals surface area contributed by atoms with Crippen LogP contribution in [0.2, 0.25) is 0 Å². The van der Waals surface area contributed by atoms with Crippen LogP contribution >= 0.6 is 0 Å². The molecule has 0 heterocycles. The fraction of sp³-hybridized carbons (Fsp3) is 0.350. The van der Waals surface area contributed by atoms with Crippen molar-refractivity contribution in [3.63, 3.8) is 0 Å². The molecule has 0 fully saturated rings. The lowest BCUT2D eigenvalue weighted by Gasteiger charge is -2.16. The Bertz CT molecular complexity index is 629. The van der Waals surface area contributed by atoms with Crippen LogP contribution in [0.5, 0.6) is 5.75 Å². The molecule has 1 amide bonds. The second kappa shape index (κ2) is 10.5. The number of ether oxygens (including phenoxy) is 2. The van der Waals surface area contributed by atoms with E-state index in [4.69, 9.17) is 9.47 Å². The van der Waals surface area contributed by atoms with E-state index in [-0.39, 0.29) is 5.91 Å². The van der Waals surface area contributed by atoms with Gasteiger partial charge in [-0.1, -0.05) is 42.5 Å². The van der Waals surface area contributed by atoms with Crippen LogP contribution in [0.25, 0.3) is 0 Å². The minimum absolute atomic E-state index is 0.00294. The van der Waals surface area contributed by atoms with Gasteiger partial charge in [0, 0.05) is 20.2 Å². The topological polar surface area (TPSA) is 50.8 Å². The molecule has 0 unspecified atom stereocenters. The fourth-order valence-corrected chi connectivity index (χ4v) is 2.34. The van der Waals surface area contributed by atoms with Crippen LogP contribution in [0.3, 0.4) is 0 Å². The molecule has 0 aliphatic heterocycles. The van der Waals surface area contributed by atoms with E-state index in [0.29, 0.717) is 32.8 Å². The van der Waals surface area contributed by atoms with Gasteiger partial charge in [0.05, 0.1) is 13.2 Å². The van der Waals surface area contributed by atoms with Crippen LogP contribution in [-0.2, 0) is 22.7 Å². The van der Waals surface area contributed by atoms with Gasteiger partial charge in [0.25, 0.3) is 0 Å². The zero-order valence-electron chi connectivity index (χ0n) is 14.9. The van der Waals surface area contributed by atoms with Crippen molar-refractivity contribution in [1.29, 1.82) is 0 Å². The summed E-state index contributed by atoms with van der Waals surface area (Å²) in [7, 11) is 3.59.